The van der Waals surface area contributed by atoms with Gasteiger partial charge in [0.25, 0.3) is 5.56 Å². The maximum Gasteiger partial charge on any atom is 1.00 e. The van der Waals surface area contributed by atoms with E-state index >= 15 is 0 Å². The number of aromatic amines is 1. The molecule has 0 radical (unpaired) electrons. The second kappa shape index (κ2) is 8.84. The van der Waals surface area contributed by atoms with Gasteiger partial charge >= 0.3 is 29.6 Å². The minimum Gasteiger partial charge on any atom is -0.744 e. The van der Waals surface area contributed by atoms with Gasteiger partial charge in [0.2, 0.25) is 0 Å². The maximum absolute atomic E-state index is 12.6. The Morgan fingerprint density at radius 3 is 2.18 bits per heavy atom. The summed E-state index contributed by atoms with van der Waals surface area (Å²) in [7, 11) is -2.99. The van der Waals surface area contributed by atoms with Gasteiger partial charge in [-0.3, -0.25) is 9.89 Å². The molecule has 0 spiro atoms. The quantitative estimate of drug-likeness (QED) is 0.354. The first-order valence-electron chi connectivity index (χ1n) is 7.73. The molecule has 3 rings (SSSR count). The summed E-state index contributed by atoms with van der Waals surface area (Å²) in [5.74, 6) is 0.678. The minimum absolute atomic E-state index is 0. The number of nitrogens with one attached hydrogen (secondary N) is 1. The molecule has 0 fully saturated rings. The number of nitrogens with zero attached hydrogens (tertiary/aromatic N) is 3. The third kappa shape index (κ3) is 4.78. The Kier molecular flexibility index (Phi) is 6.96. The van der Waals surface area contributed by atoms with E-state index in [1.165, 1.54) is 16.8 Å². The van der Waals surface area contributed by atoms with E-state index in [2.05, 4.69) is 15.3 Å². The molecule has 0 amide bonds. The molecule has 2 aromatic carbocycles. The van der Waals surface area contributed by atoms with Gasteiger partial charge in [0.05, 0.1) is 29.1 Å². The molecule has 28 heavy (non-hydrogen) atoms. The van der Waals surface area contributed by atoms with E-state index < -0.39 is 15.7 Å². The average molecular weight is 410 g/mol. The van der Waals surface area contributed by atoms with Gasteiger partial charge in [0, 0.05) is 0 Å². The van der Waals surface area contributed by atoms with Gasteiger partial charge in [0.1, 0.15) is 15.9 Å². The molecular weight excluding hydrogens is 395 g/mol. The number of ether oxygens (including phenoxy) is 1. The van der Waals surface area contributed by atoms with E-state index in [0.717, 1.165) is 12.1 Å². The van der Waals surface area contributed by atoms with E-state index in [1.54, 1.807) is 38.3 Å². The molecule has 0 unspecified atom stereocenters. The molecule has 0 aliphatic heterocycles. The van der Waals surface area contributed by atoms with E-state index in [9.17, 15) is 17.8 Å². The first-order valence-corrected chi connectivity index (χ1v) is 9.14. The largest absolute Gasteiger partial charge is 1.00 e. The normalized spacial score (nSPS) is 11.4. The third-order valence-corrected chi connectivity index (χ3v) is 4.61. The van der Waals surface area contributed by atoms with Crippen molar-refractivity contribution >= 4 is 21.5 Å². The van der Waals surface area contributed by atoms with Crippen molar-refractivity contribution in [1.82, 2.24) is 9.78 Å². The Bertz CT molecular complexity index is 1150. The van der Waals surface area contributed by atoms with Crippen molar-refractivity contribution in [3.05, 3.63) is 64.6 Å². The fourth-order valence-electron chi connectivity index (χ4n) is 2.36. The van der Waals surface area contributed by atoms with E-state index in [-0.39, 0.29) is 40.1 Å². The second-order valence-corrected chi connectivity index (χ2v) is 6.95. The van der Waals surface area contributed by atoms with Crippen LogP contribution in [0.4, 0.5) is 11.4 Å². The summed E-state index contributed by atoms with van der Waals surface area (Å²) in [6.45, 7) is 1.66. The van der Waals surface area contributed by atoms with Gasteiger partial charge in [0.15, 0.2) is 5.69 Å². The number of methoxy groups -OCH3 is 1. The molecule has 1 heterocycles. The van der Waals surface area contributed by atoms with Gasteiger partial charge < -0.3 is 9.29 Å². The Labute approximate surface area is 183 Å². The molecule has 0 atom stereocenters. The predicted molar refractivity (Wildman–Crippen MR) is 96.3 cm³/mol. The first kappa shape index (κ1) is 22.1. The standard InChI is InChI=1S/C17H16N4O5S.Na/c1-11-16(19-18-12-3-7-14(26-2)8-4-12)17(22)21(20-11)13-5-9-15(10-6-13)27(23,24)25;/h3-10,20H,1-2H3,(H,23,24,25);/q;+1/p-1. The molecule has 9 nitrogen and oxygen atoms in total. The Hall–Kier alpha value is -2.24. The van der Waals surface area contributed by atoms with E-state index in [4.69, 9.17) is 4.74 Å². The zero-order chi connectivity index (χ0) is 19.6. The summed E-state index contributed by atoms with van der Waals surface area (Å²) in [5, 5.41) is 10.9. The van der Waals surface area contributed by atoms with Crippen LogP contribution in [0.1, 0.15) is 5.69 Å². The number of hydrogen-bond acceptors (Lipinski definition) is 7. The van der Waals surface area contributed by atoms with Crippen molar-refractivity contribution < 1.29 is 47.3 Å². The maximum atomic E-state index is 12.6. The number of aromatic nitrogens is 2. The summed E-state index contributed by atoms with van der Waals surface area (Å²) < 4.78 is 39.3. The molecule has 11 heteroatoms. The summed E-state index contributed by atoms with van der Waals surface area (Å²) in [6, 6.07) is 11.8. The van der Waals surface area contributed by atoms with Crippen LogP contribution in [0.2, 0.25) is 0 Å². The van der Waals surface area contributed by atoms with Gasteiger partial charge in [-0.2, -0.15) is 5.11 Å². The Morgan fingerprint density at radius 1 is 1.04 bits per heavy atom. The van der Waals surface area contributed by atoms with Crippen LogP contribution in [0.3, 0.4) is 0 Å². The van der Waals surface area contributed by atoms with Crippen LogP contribution in [0.5, 0.6) is 5.75 Å². The summed E-state index contributed by atoms with van der Waals surface area (Å²) >= 11 is 0. The SMILES string of the molecule is COc1ccc(N=Nc2c(C)[nH]n(-c3ccc(S(=O)(=O)[O-])cc3)c2=O)cc1.[Na+]. The zero-order valence-electron chi connectivity index (χ0n) is 15.4. The molecule has 0 aliphatic rings. The molecule has 0 aliphatic carbocycles. The molecule has 0 saturated heterocycles. The van der Waals surface area contributed by atoms with Gasteiger partial charge in [-0.05, 0) is 55.5 Å². The Balaban J connectivity index is 0.00000280. The molecule has 0 saturated carbocycles. The smallest absolute Gasteiger partial charge is 0.744 e. The minimum atomic E-state index is -4.55. The van der Waals surface area contributed by atoms with Crippen molar-refractivity contribution in [2.24, 2.45) is 10.2 Å². The summed E-state index contributed by atoms with van der Waals surface area (Å²) in [5.41, 5.74) is 1.06. The number of azo groups is 1. The third-order valence-electron chi connectivity index (χ3n) is 3.76. The topological polar surface area (TPSA) is 129 Å². The predicted octanol–water partition coefficient (Wildman–Crippen LogP) is -0.194. The van der Waals surface area contributed by atoms with Gasteiger partial charge in [-0.15, -0.1) is 5.11 Å². The first-order chi connectivity index (χ1) is 12.8. The van der Waals surface area contributed by atoms with Crippen LogP contribution < -0.4 is 39.9 Å². The molecular formula is C17H15N4NaO5S. The molecule has 1 N–H and O–H groups in total. The van der Waals surface area contributed by atoms with Crippen molar-refractivity contribution in [1.29, 1.82) is 0 Å². The number of rotatable bonds is 5. The van der Waals surface area contributed by atoms with E-state index in [0.29, 0.717) is 22.8 Å². The number of H-pyrrole nitrogens is 1. The van der Waals surface area contributed by atoms with Crippen LogP contribution in [0.15, 0.2) is 68.4 Å². The van der Waals surface area contributed by atoms with Crippen molar-refractivity contribution in [2.75, 3.05) is 7.11 Å². The van der Waals surface area contributed by atoms with Crippen LogP contribution in [0.25, 0.3) is 5.69 Å². The van der Waals surface area contributed by atoms with Crippen LogP contribution in [-0.4, -0.2) is 29.9 Å². The fraction of sp³-hybridized carbons (Fsp3) is 0.118. The van der Waals surface area contributed by atoms with Crippen molar-refractivity contribution in [3.8, 4) is 11.4 Å². The molecule has 1 aromatic heterocycles. The number of benzene rings is 2. The van der Waals surface area contributed by atoms with Gasteiger partial charge in [-0.25, -0.2) is 13.1 Å². The van der Waals surface area contributed by atoms with Crippen LogP contribution >= 0.6 is 0 Å². The van der Waals surface area contributed by atoms with Crippen LogP contribution in [0, 0.1) is 6.92 Å². The van der Waals surface area contributed by atoms with Crippen LogP contribution in [-0.2, 0) is 10.1 Å². The average Bonchev–Trinajstić information content (AvgIpc) is 2.94. The number of hydrogen-bond donors (Lipinski definition) is 1. The molecule has 0 bridgehead atoms. The van der Waals surface area contributed by atoms with Crippen molar-refractivity contribution in [3.63, 3.8) is 0 Å². The zero-order valence-corrected chi connectivity index (χ0v) is 18.2. The monoisotopic (exact) mass is 410 g/mol. The molecule has 140 valence electrons. The fourth-order valence-corrected chi connectivity index (χ4v) is 2.83. The summed E-state index contributed by atoms with van der Waals surface area (Å²) in [6.07, 6.45) is 0. The summed E-state index contributed by atoms with van der Waals surface area (Å²) in [4.78, 5) is 12.2. The van der Waals surface area contributed by atoms with Crippen molar-refractivity contribution in [2.45, 2.75) is 11.8 Å². The second-order valence-electron chi connectivity index (χ2n) is 5.57. The molecule has 3 aromatic rings. The van der Waals surface area contributed by atoms with Gasteiger partial charge in [-0.1, -0.05) is 0 Å². The van der Waals surface area contributed by atoms with E-state index in [1.807, 2.05) is 0 Å². The number of aryl methyl sites for hydroxylation is 1. The Morgan fingerprint density at radius 2 is 1.64 bits per heavy atom.